The maximum absolute atomic E-state index is 13.3. The van der Waals surface area contributed by atoms with E-state index in [4.69, 9.17) is 0 Å². The highest BCUT2D eigenvalue weighted by molar-refractivity contribution is 9.10. The summed E-state index contributed by atoms with van der Waals surface area (Å²) < 4.78 is 13.7. The summed E-state index contributed by atoms with van der Waals surface area (Å²) in [6, 6.07) is 3.77. The molecule has 2 N–H and O–H groups in total. The van der Waals surface area contributed by atoms with Crippen LogP contribution >= 0.6 is 15.9 Å². The first-order valence-corrected chi connectivity index (χ1v) is 7.75. The first-order chi connectivity index (χ1) is 9.94. The van der Waals surface area contributed by atoms with Crippen molar-refractivity contribution in [3.05, 3.63) is 34.1 Å². The number of amides is 1. The van der Waals surface area contributed by atoms with Gasteiger partial charge in [0, 0.05) is 4.47 Å². The van der Waals surface area contributed by atoms with Crippen LogP contribution in [-0.2, 0) is 4.79 Å². The molecule has 0 radical (unpaired) electrons. The number of aliphatic carboxylic acids is 1. The van der Waals surface area contributed by atoms with Gasteiger partial charge in [0.25, 0.3) is 5.91 Å². The van der Waals surface area contributed by atoms with Crippen LogP contribution in [0.1, 0.15) is 48.9 Å². The van der Waals surface area contributed by atoms with Crippen molar-refractivity contribution < 1.29 is 19.1 Å². The molecule has 0 atom stereocenters. The van der Waals surface area contributed by atoms with Crippen molar-refractivity contribution in [2.45, 2.75) is 44.1 Å². The molecule has 2 rings (SSSR count). The summed E-state index contributed by atoms with van der Waals surface area (Å²) in [5.41, 5.74) is -1.14. The number of carboxylic acid groups (broad SMARTS) is 1. The van der Waals surface area contributed by atoms with Crippen LogP contribution in [0.3, 0.4) is 0 Å². The zero-order valence-electron chi connectivity index (χ0n) is 11.5. The Morgan fingerprint density at radius 3 is 2.38 bits per heavy atom. The number of carbonyl (C=O) groups is 2. The third-order valence-electron chi connectivity index (χ3n) is 3.89. The first-order valence-electron chi connectivity index (χ1n) is 6.95. The van der Waals surface area contributed by atoms with E-state index < -0.39 is 23.2 Å². The van der Waals surface area contributed by atoms with Gasteiger partial charge in [0.1, 0.15) is 11.4 Å². The lowest BCUT2D eigenvalue weighted by Gasteiger charge is -2.29. The first kappa shape index (κ1) is 15.9. The summed E-state index contributed by atoms with van der Waals surface area (Å²) in [7, 11) is 0. The number of benzene rings is 1. The maximum Gasteiger partial charge on any atom is 0.329 e. The molecule has 1 aliphatic carbocycles. The van der Waals surface area contributed by atoms with Crippen molar-refractivity contribution in [1.82, 2.24) is 5.32 Å². The second-order valence-electron chi connectivity index (χ2n) is 5.38. The molecule has 0 spiro atoms. The molecule has 1 fully saturated rings. The Morgan fingerprint density at radius 2 is 1.81 bits per heavy atom. The number of halogens is 2. The molecule has 1 aromatic rings. The van der Waals surface area contributed by atoms with E-state index in [1.807, 2.05) is 0 Å². The summed E-state index contributed by atoms with van der Waals surface area (Å²) in [5, 5.41) is 12.2. The van der Waals surface area contributed by atoms with E-state index in [9.17, 15) is 19.1 Å². The number of hydrogen-bond donors (Lipinski definition) is 2. The highest BCUT2D eigenvalue weighted by atomic mass is 79.9. The number of nitrogens with one attached hydrogen (secondary N) is 1. The van der Waals surface area contributed by atoms with E-state index in [1.165, 1.54) is 12.1 Å². The lowest BCUT2D eigenvalue weighted by atomic mass is 9.90. The van der Waals surface area contributed by atoms with Crippen LogP contribution in [0.2, 0.25) is 0 Å². The summed E-state index contributed by atoms with van der Waals surface area (Å²) in [6.45, 7) is 0. The Bertz CT molecular complexity index is 554. The number of hydrogen-bond acceptors (Lipinski definition) is 2. The van der Waals surface area contributed by atoms with Gasteiger partial charge in [-0.3, -0.25) is 4.79 Å². The van der Waals surface area contributed by atoms with E-state index in [0.29, 0.717) is 17.3 Å². The number of carbonyl (C=O) groups excluding carboxylic acids is 1. The average molecular weight is 358 g/mol. The fourth-order valence-corrected chi connectivity index (χ4v) is 3.11. The molecule has 0 bridgehead atoms. The molecular formula is C15H17BrFNO3. The zero-order valence-corrected chi connectivity index (χ0v) is 13.1. The second kappa shape index (κ2) is 6.56. The van der Waals surface area contributed by atoms with E-state index in [0.717, 1.165) is 31.7 Å². The van der Waals surface area contributed by atoms with E-state index in [-0.39, 0.29) is 5.56 Å². The maximum atomic E-state index is 13.3. The Hall–Kier alpha value is -1.43. The number of carboxylic acids is 1. The van der Waals surface area contributed by atoms with Crippen molar-refractivity contribution in [3.63, 3.8) is 0 Å². The van der Waals surface area contributed by atoms with Gasteiger partial charge in [-0.2, -0.15) is 0 Å². The van der Waals surface area contributed by atoms with Crippen LogP contribution in [0.5, 0.6) is 0 Å². The molecule has 0 saturated heterocycles. The Kier molecular flexibility index (Phi) is 4.98. The van der Waals surface area contributed by atoms with Gasteiger partial charge in [-0.15, -0.1) is 0 Å². The van der Waals surface area contributed by atoms with Gasteiger partial charge in [0.05, 0.1) is 5.56 Å². The molecule has 0 heterocycles. The van der Waals surface area contributed by atoms with Crippen molar-refractivity contribution >= 4 is 27.8 Å². The third kappa shape index (κ3) is 3.61. The zero-order chi connectivity index (χ0) is 15.5. The van der Waals surface area contributed by atoms with E-state index in [1.54, 1.807) is 0 Å². The van der Waals surface area contributed by atoms with Crippen LogP contribution in [0.25, 0.3) is 0 Å². The summed E-state index contributed by atoms with van der Waals surface area (Å²) in [4.78, 5) is 24.0. The van der Waals surface area contributed by atoms with Gasteiger partial charge in [0.2, 0.25) is 0 Å². The minimum Gasteiger partial charge on any atom is -0.480 e. The predicted octanol–water partition coefficient (Wildman–Crippen LogP) is 3.50. The molecule has 0 aromatic heterocycles. The summed E-state index contributed by atoms with van der Waals surface area (Å²) in [5.74, 6) is -2.12. The van der Waals surface area contributed by atoms with Gasteiger partial charge < -0.3 is 10.4 Å². The summed E-state index contributed by atoms with van der Waals surface area (Å²) >= 11 is 3.19. The van der Waals surface area contributed by atoms with Crippen molar-refractivity contribution in [3.8, 4) is 0 Å². The molecule has 1 aliphatic rings. The molecule has 1 saturated carbocycles. The van der Waals surface area contributed by atoms with Gasteiger partial charge in [-0.1, -0.05) is 25.7 Å². The molecule has 1 aromatic carbocycles. The summed E-state index contributed by atoms with van der Waals surface area (Å²) in [6.07, 6.45) is 4.26. The van der Waals surface area contributed by atoms with Crippen LogP contribution in [0, 0.1) is 5.82 Å². The van der Waals surface area contributed by atoms with E-state index in [2.05, 4.69) is 21.2 Å². The minimum atomic E-state index is -1.25. The van der Waals surface area contributed by atoms with Gasteiger partial charge >= 0.3 is 5.97 Å². The molecule has 21 heavy (non-hydrogen) atoms. The molecule has 6 heteroatoms. The SMILES string of the molecule is O=C(NC1(C(=O)O)CCCCCC1)c1cc(F)ccc1Br. The Labute approximate surface area is 130 Å². The van der Waals surface area contributed by atoms with Crippen LogP contribution in [0.15, 0.2) is 22.7 Å². The fourth-order valence-electron chi connectivity index (χ4n) is 2.68. The largest absolute Gasteiger partial charge is 0.480 e. The van der Waals surface area contributed by atoms with E-state index >= 15 is 0 Å². The van der Waals surface area contributed by atoms with Crippen molar-refractivity contribution in [1.29, 1.82) is 0 Å². The molecule has 114 valence electrons. The second-order valence-corrected chi connectivity index (χ2v) is 6.23. The van der Waals surface area contributed by atoms with Gasteiger partial charge in [-0.05, 0) is 47.0 Å². The minimum absolute atomic E-state index is 0.111. The average Bonchev–Trinajstić information content (AvgIpc) is 2.68. The molecular weight excluding hydrogens is 341 g/mol. The Morgan fingerprint density at radius 1 is 1.19 bits per heavy atom. The normalized spacial score (nSPS) is 17.8. The van der Waals surface area contributed by atoms with Crippen LogP contribution in [-0.4, -0.2) is 22.5 Å². The molecule has 1 amide bonds. The van der Waals surface area contributed by atoms with Crippen molar-refractivity contribution in [2.75, 3.05) is 0 Å². The fraction of sp³-hybridized carbons (Fsp3) is 0.467. The van der Waals surface area contributed by atoms with Crippen molar-refractivity contribution in [2.24, 2.45) is 0 Å². The quantitative estimate of drug-likeness (QED) is 0.813. The molecule has 0 unspecified atom stereocenters. The van der Waals surface area contributed by atoms with Crippen LogP contribution in [0.4, 0.5) is 4.39 Å². The lowest BCUT2D eigenvalue weighted by molar-refractivity contribution is -0.145. The highest BCUT2D eigenvalue weighted by Crippen LogP contribution is 2.28. The Balaban J connectivity index is 2.26. The van der Waals surface area contributed by atoms with Gasteiger partial charge in [0.15, 0.2) is 0 Å². The molecule has 0 aliphatic heterocycles. The highest BCUT2D eigenvalue weighted by Gasteiger charge is 2.40. The standard InChI is InChI=1S/C15H17BrFNO3/c16-12-6-5-10(17)9-11(12)13(19)18-15(14(20)21)7-3-1-2-4-8-15/h5-6,9H,1-4,7-8H2,(H,18,19)(H,20,21). The van der Waals surface area contributed by atoms with Crippen LogP contribution < -0.4 is 5.32 Å². The third-order valence-corrected chi connectivity index (χ3v) is 4.58. The number of rotatable bonds is 3. The molecule has 4 nitrogen and oxygen atoms in total. The predicted molar refractivity (Wildman–Crippen MR) is 79.6 cm³/mol. The topological polar surface area (TPSA) is 66.4 Å². The smallest absolute Gasteiger partial charge is 0.329 e. The monoisotopic (exact) mass is 357 g/mol. The van der Waals surface area contributed by atoms with Gasteiger partial charge in [-0.25, -0.2) is 9.18 Å². The lowest BCUT2D eigenvalue weighted by Crippen LogP contribution is -2.54.